The van der Waals surface area contributed by atoms with Gasteiger partial charge >= 0.3 is 6.09 Å². The van der Waals surface area contributed by atoms with Crippen LogP contribution in [-0.2, 0) is 4.74 Å². The van der Waals surface area contributed by atoms with E-state index in [4.69, 9.17) is 4.74 Å². The molecule has 0 spiro atoms. The molecule has 0 aliphatic rings. The van der Waals surface area contributed by atoms with Crippen molar-refractivity contribution in [3.05, 3.63) is 36.5 Å². The highest BCUT2D eigenvalue weighted by Gasteiger charge is 2.20. The molecule has 1 atom stereocenters. The highest BCUT2D eigenvalue weighted by molar-refractivity contribution is 5.67. The molecule has 0 bridgehead atoms. The van der Waals surface area contributed by atoms with Crippen LogP contribution in [-0.4, -0.2) is 55.7 Å². The quantitative estimate of drug-likeness (QED) is 0.0534. The number of allylic oxidation sites excluding steroid dienone is 6. The van der Waals surface area contributed by atoms with E-state index in [0.717, 1.165) is 64.6 Å². The lowest BCUT2D eigenvalue weighted by molar-refractivity contribution is 0.0515. The summed E-state index contributed by atoms with van der Waals surface area (Å²) in [6.45, 7) is 9.27. The lowest BCUT2D eigenvalue weighted by Crippen LogP contribution is -2.37. The number of nitrogens with zero attached hydrogens (tertiary/aromatic N) is 2. The maximum atomic E-state index is 13.4. The van der Waals surface area contributed by atoms with E-state index < -0.39 is 0 Å². The summed E-state index contributed by atoms with van der Waals surface area (Å²) in [4.78, 5) is 17.6. The largest absolute Gasteiger partial charge is 0.446 e. The first-order valence-electron chi connectivity index (χ1n) is 19.6. The SMILES string of the molecule is CC/C=C\CCCN(CCCN(C)C)C(=O)OC(CCCCCCCC)CCCCCCCCC/C=C\C/C=C\CCCCC. The van der Waals surface area contributed by atoms with Crippen molar-refractivity contribution in [2.24, 2.45) is 0 Å². The molecule has 0 N–H and O–H groups in total. The number of hydrogen-bond donors (Lipinski definition) is 0. The molecule has 0 aliphatic carbocycles. The van der Waals surface area contributed by atoms with Crippen molar-refractivity contribution in [1.29, 1.82) is 0 Å². The normalized spacial score (nSPS) is 12.8. The van der Waals surface area contributed by atoms with Crippen molar-refractivity contribution in [1.82, 2.24) is 9.80 Å². The second-order valence-corrected chi connectivity index (χ2v) is 13.5. The number of carbonyl (C=O) groups is 1. The summed E-state index contributed by atoms with van der Waals surface area (Å²) in [6, 6.07) is 0. The van der Waals surface area contributed by atoms with Gasteiger partial charge < -0.3 is 14.5 Å². The van der Waals surface area contributed by atoms with E-state index in [1.807, 2.05) is 4.90 Å². The van der Waals surface area contributed by atoms with Crippen LogP contribution < -0.4 is 0 Å². The van der Waals surface area contributed by atoms with Crippen molar-refractivity contribution in [2.45, 2.75) is 187 Å². The molecule has 0 fully saturated rings. The Morgan fingerprint density at radius 2 is 1.00 bits per heavy atom. The van der Waals surface area contributed by atoms with Crippen molar-refractivity contribution in [3.8, 4) is 0 Å². The molecule has 0 heterocycles. The van der Waals surface area contributed by atoms with Gasteiger partial charge in [0, 0.05) is 13.1 Å². The van der Waals surface area contributed by atoms with Crippen LogP contribution >= 0.6 is 0 Å². The average Bonchev–Trinajstić information content (AvgIpc) is 3.02. The van der Waals surface area contributed by atoms with Crippen molar-refractivity contribution in [3.63, 3.8) is 0 Å². The van der Waals surface area contributed by atoms with Crippen LogP contribution in [0.5, 0.6) is 0 Å². The third kappa shape index (κ3) is 32.2. The van der Waals surface area contributed by atoms with Crippen LogP contribution in [0.3, 0.4) is 0 Å². The Kier molecular flexibility index (Phi) is 34.1. The minimum absolute atomic E-state index is 0.0676. The van der Waals surface area contributed by atoms with Gasteiger partial charge in [-0.2, -0.15) is 0 Å². The molecular formula is C41H78N2O2. The third-order valence-electron chi connectivity index (χ3n) is 8.62. The van der Waals surface area contributed by atoms with Gasteiger partial charge in [0.15, 0.2) is 0 Å². The zero-order valence-corrected chi connectivity index (χ0v) is 31.1. The summed E-state index contributed by atoms with van der Waals surface area (Å²) in [5.74, 6) is 0. The topological polar surface area (TPSA) is 32.8 Å². The Morgan fingerprint density at radius 1 is 0.533 bits per heavy atom. The van der Waals surface area contributed by atoms with Gasteiger partial charge in [-0.15, -0.1) is 0 Å². The fourth-order valence-corrected chi connectivity index (χ4v) is 5.73. The Labute approximate surface area is 282 Å². The van der Waals surface area contributed by atoms with E-state index in [1.165, 1.54) is 116 Å². The first kappa shape index (κ1) is 43.5. The number of rotatable bonds is 33. The van der Waals surface area contributed by atoms with Crippen LogP contribution in [0.15, 0.2) is 36.5 Å². The predicted molar refractivity (Wildman–Crippen MR) is 200 cm³/mol. The average molecular weight is 631 g/mol. The van der Waals surface area contributed by atoms with Gasteiger partial charge in [0.05, 0.1) is 0 Å². The standard InChI is InChI=1S/C41H78N2O2/c1-6-9-12-15-17-18-19-20-21-22-23-24-25-26-27-29-32-36-40(35-31-28-16-13-10-7-2)45-41(44)43(39-34-37-42(4)5)38-33-30-14-11-8-3/h11,14,17-18,20-21,40H,6-10,12-13,15-16,19,22-39H2,1-5H3/b14-11-,18-17-,21-20-. The lowest BCUT2D eigenvalue weighted by Gasteiger charge is -2.26. The smallest absolute Gasteiger partial charge is 0.410 e. The minimum Gasteiger partial charge on any atom is -0.446 e. The predicted octanol–water partition coefficient (Wildman–Crippen LogP) is 12.8. The molecule has 0 aliphatic heterocycles. The first-order chi connectivity index (χ1) is 22.0. The molecule has 1 amide bonds. The lowest BCUT2D eigenvalue weighted by atomic mass is 10.0. The molecule has 0 saturated carbocycles. The molecule has 0 aromatic rings. The monoisotopic (exact) mass is 631 g/mol. The third-order valence-corrected chi connectivity index (χ3v) is 8.62. The highest BCUT2D eigenvalue weighted by atomic mass is 16.6. The van der Waals surface area contributed by atoms with Gasteiger partial charge in [0.25, 0.3) is 0 Å². The fourth-order valence-electron chi connectivity index (χ4n) is 5.73. The Morgan fingerprint density at radius 3 is 1.58 bits per heavy atom. The maximum Gasteiger partial charge on any atom is 0.410 e. The van der Waals surface area contributed by atoms with E-state index in [-0.39, 0.29) is 12.2 Å². The molecular weight excluding hydrogens is 552 g/mol. The molecule has 0 saturated heterocycles. The highest BCUT2D eigenvalue weighted by Crippen LogP contribution is 2.19. The zero-order chi connectivity index (χ0) is 33.1. The van der Waals surface area contributed by atoms with Crippen molar-refractivity contribution >= 4 is 6.09 Å². The van der Waals surface area contributed by atoms with Crippen molar-refractivity contribution in [2.75, 3.05) is 33.7 Å². The summed E-state index contributed by atoms with van der Waals surface area (Å²) in [7, 11) is 4.20. The molecule has 4 nitrogen and oxygen atoms in total. The molecule has 264 valence electrons. The van der Waals surface area contributed by atoms with Crippen molar-refractivity contribution < 1.29 is 9.53 Å². The second kappa shape index (κ2) is 35.3. The molecule has 0 rings (SSSR count). The Bertz CT molecular complexity index is 700. The minimum atomic E-state index is -0.0822. The summed E-state index contributed by atoms with van der Waals surface area (Å²) in [6.07, 6.45) is 44.2. The number of unbranched alkanes of at least 4 members (excludes halogenated alkanes) is 16. The van der Waals surface area contributed by atoms with Crippen LogP contribution in [0.25, 0.3) is 0 Å². The summed E-state index contributed by atoms with van der Waals surface area (Å²) < 4.78 is 6.25. The Balaban J connectivity index is 4.47. The van der Waals surface area contributed by atoms with E-state index in [1.54, 1.807) is 0 Å². The number of ether oxygens (including phenoxy) is 1. The van der Waals surface area contributed by atoms with Crippen LogP contribution in [0.4, 0.5) is 4.79 Å². The summed E-state index contributed by atoms with van der Waals surface area (Å²) in [5, 5.41) is 0. The number of hydrogen-bond acceptors (Lipinski definition) is 3. The maximum absolute atomic E-state index is 13.4. The van der Waals surface area contributed by atoms with Gasteiger partial charge in [0.1, 0.15) is 6.10 Å². The molecule has 0 aromatic heterocycles. The van der Waals surface area contributed by atoms with Gasteiger partial charge in [-0.3, -0.25) is 0 Å². The summed E-state index contributed by atoms with van der Waals surface area (Å²) >= 11 is 0. The first-order valence-corrected chi connectivity index (χ1v) is 19.6. The van der Waals surface area contributed by atoms with Gasteiger partial charge in [-0.05, 0) is 104 Å². The summed E-state index contributed by atoms with van der Waals surface area (Å²) in [5.41, 5.74) is 0. The second-order valence-electron chi connectivity index (χ2n) is 13.5. The van der Waals surface area contributed by atoms with E-state index in [2.05, 4.69) is 76.2 Å². The molecule has 45 heavy (non-hydrogen) atoms. The molecule has 1 unspecified atom stereocenters. The van der Waals surface area contributed by atoms with Crippen LogP contribution in [0.2, 0.25) is 0 Å². The van der Waals surface area contributed by atoms with Gasteiger partial charge in [-0.1, -0.05) is 134 Å². The van der Waals surface area contributed by atoms with Gasteiger partial charge in [0.2, 0.25) is 0 Å². The number of carbonyl (C=O) groups excluding carboxylic acids is 1. The van der Waals surface area contributed by atoms with E-state index in [9.17, 15) is 4.79 Å². The van der Waals surface area contributed by atoms with E-state index in [0.29, 0.717) is 0 Å². The van der Waals surface area contributed by atoms with Crippen LogP contribution in [0, 0.1) is 0 Å². The number of amides is 1. The van der Waals surface area contributed by atoms with Crippen LogP contribution in [0.1, 0.15) is 181 Å². The van der Waals surface area contributed by atoms with E-state index >= 15 is 0 Å². The van der Waals surface area contributed by atoms with Gasteiger partial charge in [-0.25, -0.2) is 4.79 Å². The zero-order valence-electron chi connectivity index (χ0n) is 31.1. The molecule has 0 radical (unpaired) electrons. The molecule has 0 aromatic carbocycles. The molecule has 4 heteroatoms. The fraction of sp³-hybridized carbons (Fsp3) is 0.829. The Hall–Kier alpha value is -1.55.